The van der Waals surface area contributed by atoms with Crippen molar-refractivity contribution in [1.82, 2.24) is 4.90 Å². The van der Waals surface area contributed by atoms with Crippen LogP contribution in [0.2, 0.25) is 5.02 Å². The molecule has 2 aromatic rings. The summed E-state index contributed by atoms with van der Waals surface area (Å²) >= 11 is 5.93. The second kappa shape index (κ2) is 8.13. The molecule has 4 heteroatoms. The van der Waals surface area contributed by atoms with Crippen molar-refractivity contribution in [3.63, 3.8) is 0 Å². The maximum Gasteiger partial charge on any atom is 0.123 e. The molecular weight excluding hydrogens is 337 g/mol. The monoisotopic (exact) mass is 359 g/mol. The van der Waals surface area contributed by atoms with Crippen molar-refractivity contribution in [2.24, 2.45) is 0 Å². The molecule has 0 spiro atoms. The number of hydrogen-bond donors (Lipinski definition) is 1. The molecule has 1 N–H and O–H groups in total. The van der Waals surface area contributed by atoms with Crippen LogP contribution in [0.5, 0.6) is 0 Å². The Morgan fingerprint density at radius 1 is 1.04 bits per heavy atom. The van der Waals surface area contributed by atoms with E-state index in [1.54, 1.807) is 12.1 Å². The molecule has 0 aromatic heterocycles. The molecule has 1 aliphatic rings. The Morgan fingerprint density at radius 2 is 1.68 bits per heavy atom. The molecule has 1 aliphatic heterocycles. The summed E-state index contributed by atoms with van der Waals surface area (Å²) in [4.78, 5) is 2.37. The highest BCUT2D eigenvalue weighted by molar-refractivity contribution is 6.30. The van der Waals surface area contributed by atoms with E-state index in [-0.39, 0.29) is 5.82 Å². The summed E-state index contributed by atoms with van der Waals surface area (Å²) in [6.07, 6.45) is 6.55. The van der Waals surface area contributed by atoms with Gasteiger partial charge in [0.05, 0.1) is 5.60 Å². The van der Waals surface area contributed by atoms with Gasteiger partial charge in [0, 0.05) is 24.7 Å². The van der Waals surface area contributed by atoms with Crippen LogP contribution in [0.1, 0.15) is 30.4 Å². The minimum Gasteiger partial charge on any atom is -0.385 e. The molecule has 1 heterocycles. The van der Waals surface area contributed by atoms with Gasteiger partial charge in [-0.2, -0.15) is 0 Å². The summed E-state index contributed by atoms with van der Waals surface area (Å²) < 4.78 is 12.9. The Morgan fingerprint density at radius 3 is 2.32 bits per heavy atom. The Labute approximate surface area is 153 Å². The summed E-state index contributed by atoms with van der Waals surface area (Å²) in [5.74, 6) is -0.210. The van der Waals surface area contributed by atoms with Crippen LogP contribution in [0, 0.1) is 5.82 Å². The molecule has 2 aromatic carbocycles. The molecule has 2 nitrogen and oxygen atoms in total. The van der Waals surface area contributed by atoms with Crippen molar-refractivity contribution in [2.45, 2.75) is 24.9 Å². The van der Waals surface area contributed by atoms with Crippen LogP contribution in [-0.2, 0) is 5.60 Å². The molecule has 0 saturated carbocycles. The summed E-state index contributed by atoms with van der Waals surface area (Å²) in [6, 6.07) is 14.0. The largest absolute Gasteiger partial charge is 0.385 e. The number of aliphatic hydroxyl groups is 1. The fourth-order valence-corrected chi connectivity index (χ4v) is 3.37. The first kappa shape index (κ1) is 18.1. The van der Waals surface area contributed by atoms with Crippen LogP contribution in [-0.4, -0.2) is 29.6 Å². The smallest absolute Gasteiger partial charge is 0.123 e. The topological polar surface area (TPSA) is 23.5 Å². The standard InChI is InChI=1S/C21H23ClFNO/c22-19-8-6-18(7-9-19)21(25)12-15-24(16-13-21)14-2-1-3-17-4-10-20(23)11-5-17/h1,3-11,25H,2,12-16H2/b3-1+. The van der Waals surface area contributed by atoms with Gasteiger partial charge in [0.2, 0.25) is 0 Å². The van der Waals surface area contributed by atoms with E-state index in [2.05, 4.69) is 11.0 Å². The maximum atomic E-state index is 12.9. The lowest BCUT2D eigenvalue weighted by Gasteiger charge is -2.38. The van der Waals surface area contributed by atoms with E-state index in [0.717, 1.165) is 50.0 Å². The van der Waals surface area contributed by atoms with Gasteiger partial charge in [-0.25, -0.2) is 4.39 Å². The highest BCUT2D eigenvalue weighted by atomic mass is 35.5. The molecule has 25 heavy (non-hydrogen) atoms. The zero-order valence-corrected chi connectivity index (χ0v) is 14.9. The maximum absolute atomic E-state index is 12.9. The van der Waals surface area contributed by atoms with Gasteiger partial charge < -0.3 is 10.0 Å². The second-order valence-electron chi connectivity index (χ2n) is 6.62. The van der Waals surface area contributed by atoms with Crippen LogP contribution < -0.4 is 0 Å². The molecule has 0 radical (unpaired) electrons. The van der Waals surface area contributed by atoms with Crippen molar-refractivity contribution in [1.29, 1.82) is 0 Å². The van der Waals surface area contributed by atoms with E-state index < -0.39 is 5.60 Å². The quantitative estimate of drug-likeness (QED) is 0.823. The molecular formula is C21H23ClFNO. The average Bonchev–Trinajstić information content (AvgIpc) is 2.62. The fraction of sp³-hybridized carbons (Fsp3) is 0.333. The van der Waals surface area contributed by atoms with Crippen LogP contribution >= 0.6 is 11.6 Å². The van der Waals surface area contributed by atoms with Crippen molar-refractivity contribution in [2.75, 3.05) is 19.6 Å². The Balaban J connectivity index is 1.46. The number of piperidine rings is 1. The van der Waals surface area contributed by atoms with Gasteiger partial charge in [-0.1, -0.05) is 48.0 Å². The predicted octanol–water partition coefficient (Wildman–Crippen LogP) is 4.87. The number of benzene rings is 2. The van der Waals surface area contributed by atoms with Gasteiger partial charge >= 0.3 is 0 Å². The third-order valence-electron chi connectivity index (χ3n) is 4.86. The van der Waals surface area contributed by atoms with Gasteiger partial charge in [0.25, 0.3) is 0 Å². The van der Waals surface area contributed by atoms with Gasteiger partial charge in [-0.15, -0.1) is 0 Å². The normalized spacial score (nSPS) is 17.9. The Hall–Kier alpha value is -1.68. The zero-order chi connectivity index (χ0) is 17.7. The van der Waals surface area contributed by atoms with Crippen LogP contribution in [0.15, 0.2) is 54.6 Å². The average molecular weight is 360 g/mol. The van der Waals surface area contributed by atoms with E-state index in [1.807, 2.05) is 30.3 Å². The predicted molar refractivity (Wildman–Crippen MR) is 101 cm³/mol. The number of likely N-dealkylation sites (tertiary alicyclic amines) is 1. The third kappa shape index (κ3) is 4.91. The first-order valence-corrected chi connectivity index (χ1v) is 9.06. The summed E-state index contributed by atoms with van der Waals surface area (Å²) in [7, 11) is 0. The summed E-state index contributed by atoms with van der Waals surface area (Å²) in [5.41, 5.74) is 1.22. The highest BCUT2D eigenvalue weighted by Gasteiger charge is 2.33. The first-order chi connectivity index (χ1) is 12.0. The number of nitrogens with zero attached hydrogens (tertiary/aromatic N) is 1. The Bertz CT molecular complexity index is 704. The molecule has 132 valence electrons. The number of halogens is 2. The van der Waals surface area contributed by atoms with E-state index in [9.17, 15) is 9.50 Å². The molecule has 0 unspecified atom stereocenters. The number of rotatable bonds is 5. The molecule has 0 amide bonds. The minimum absolute atomic E-state index is 0.210. The van der Waals surface area contributed by atoms with Crippen LogP contribution in [0.25, 0.3) is 6.08 Å². The lowest BCUT2D eigenvalue weighted by atomic mass is 9.84. The number of hydrogen-bond acceptors (Lipinski definition) is 2. The summed E-state index contributed by atoms with van der Waals surface area (Å²) in [6.45, 7) is 2.72. The van der Waals surface area contributed by atoms with E-state index >= 15 is 0 Å². The zero-order valence-electron chi connectivity index (χ0n) is 14.2. The van der Waals surface area contributed by atoms with E-state index in [4.69, 9.17) is 11.6 Å². The molecule has 0 aliphatic carbocycles. The molecule has 1 saturated heterocycles. The summed E-state index contributed by atoms with van der Waals surface area (Å²) in [5, 5.41) is 11.6. The van der Waals surface area contributed by atoms with Crippen LogP contribution in [0.4, 0.5) is 4.39 Å². The minimum atomic E-state index is -0.745. The third-order valence-corrected chi connectivity index (χ3v) is 5.11. The highest BCUT2D eigenvalue weighted by Crippen LogP contribution is 2.33. The van der Waals surface area contributed by atoms with Crippen molar-refractivity contribution in [3.8, 4) is 0 Å². The fourth-order valence-electron chi connectivity index (χ4n) is 3.25. The molecule has 3 rings (SSSR count). The van der Waals surface area contributed by atoms with Crippen molar-refractivity contribution < 1.29 is 9.50 Å². The van der Waals surface area contributed by atoms with E-state index in [0.29, 0.717) is 5.02 Å². The van der Waals surface area contributed by atoms with Gasteiger partial charge in [-0.05, 0) is 54.7 Å². The van der Waals surface area contributed by atoms with E-state index in [1.165, 1.54) is 12.1 Å². The lowest BCUT2D eigenvalue weighted by molar-refractivity contribution is -0.0254. The van der Waals surface area contributed by atoms with Gasteiger partial charge in [0.15, 0.2) is 0 Å². The SMILES string of the molecule is OC1(c2ccc(Cl)cc2)CCN(CC/C=C/c2ccc(F)cc2)CC1. The Kier molecular flexibility index (Phi) is 5.89. The lowest BCUT2D eigenvalue weighted by Crippen LogP contribution is -2.42. The second-order valence-corrected chi connectivity index (χ2v) is 7.06. The first-order valence-electron chi connectivity index (χ1n) is 8.68. The van der Waals surface area contributed by atoms with Crippen molar-refractivity contribution >= 4 is 17.7 Å². The van der Waals surface area contributed by atoms with Crippen molar-refractivity contribution in [3.05, 3.63) is 76.6 Å². The molecule has 0 bridgehead atoms. The van der Waals surface area contributed by atoms with Gasteiger partial charge in [-0.3, -0.25) is 0 Å². The van der Waals surface area contributed by atoms with Crippen LogP contribution in [0.3, 0.4) is 0 Å². The van der Waals surface area contributed by atoms with Gasteiger partial charge in [0.1, 0.15) is 5.82 Å². The molecule has 0 atom stereocenters. The molecule has 1 fully saturated rings.